The molecule has 2 N–H and O–H groups in total. The Bertz CT molecular complexity index is 366. The SMILES string of the molecule is Cc1cccc(CN(C)CCC(N)C(C)(C)C)c1. The fourth-order valence-electron chi connectivity index (χ4n) is 1.99. The molecule has 102 valence electrons. The summed E-state index contributed by atoms with van der Waals surface area (Å²) >= 11 is 0. The first-order chi connectivity index (χ1) is 8.29. The molecule has 1 aromatic rings. The molecule has 0 aliphatic carbocycles. The Morgan fingerprint density at radius 2 is 1.94 bits per heavy atom. The Kier molecular flexibility index (Phi) is 5.36. The van der Waals surface area contributed by atoms with Crippen LogP contribution in [0, 0.1) is 12.3 Å². The van der Waals surface area contributed by atoms with Crippen LogP contribution in [0.1, 0.15) is 38.3 Å². The molecule has 0 aliphatic heterocycles. The topological polar surface area (TPSA) is 29.3 Å². The summed E-state index contributed by atoms with van der Waals surface area (Å²) in [5.41, 5.74) is 9.09. The van der Waals surface area contributed by atoms with Crippen LogP contribution in [-0.2, 0) is 6.54 Å². The van der Waals surface area contributed by atoms with Crippen LogP contribution in [0.5, 0.6) is 0 Å². The number of nitrogens with zero attached hydrogens (tertiary/aromatic N) is 1. The second kappa shape index (κ2) is 6.35. The van der Waals surface area contributed by atoms with Gasteiger partial charge in [-0.2, -0.15) is 0 Å². The van der Waals surface area contributed by atoms with E-state index in [4.69, 9.17) is 5.73 Å². The molecular formula is C16H28N2. The normalized spacial score (nSPS) is 13.9. The molecular weight excluding hydrogens is 220 g/mol. The summed E-state index contributed by atoms with van der Waals surface area (Å²) in [7, 11) is 2.16. The van der Waals surface area contributed by atoms with Gasteiger partial charge in [-0.3, -0.25) is 0 Å². The molecule has 0 heterocycles. The molecule has 0 saturated carbocycles. The Hall–Kier alpha value is -0.860. The number of benzene rings is 1. The van der Waals surface area contributed by atoms with E-state index in [0.29, 0.717) is 0 Å². The molecule has 0 radical (unpaired) electrons. The first kappa shape index (κ1) is 15.2. The minimum Gasteiger partial charge on any atom is -0.327 e. The summed E-state index contributed by atoms with van der Waals surface area (Å²) in [6.45, 7) is 10.8. The monoisotopic (exact) mass is 248 g/mol. The van der Waals surface area contributed by atoms with Crippen LogP contribution in [0.15, 0.2) is 24.3 Å². The van der Waals surface area contributed by atoms with Crippen molar-refractivity contribution in [3.63, 3.8) is 0 Å². The molecule has 0 fully saturated rings. The van der Waals surface area contributed by atoms with E-state index >= 15 is 0 Å². The zero-order valence-electron chi connectivity index (χ0n) is 12.5. The molecule has 1 unspecified atom stereocenters. The molecule has 0 spiro atoms. The van der Waals surface area contributed by atoms with Gasteiger partial charge in [-0.25, -0.2) is 0 Å². The van der Waals surface area contributed by atoms with Gasteiger partial charge in [0.2, 0.25) is 0 Å². The smallest absolute Gasteiger partial charge is 0.0230 e. The van der Waals surface area contributed by atoms with E-state index in [2.05, 4.69) is 63.9 Å². The van der Waals surface area contributed by atoms with Crippen molar-refractivity contribution in [2.75, 3.05) is 13.6 Å². The summed E-state index contributed by atoms with van der Waals surface area (Å²) in [6, 6.07) is 8.96. The quantitative estimate of drug-likeness (QED) is 0.867. The fourth-order valence-corrected chi connectivity index (χ4v) is 1.99. The lowest BCUT2D eigenvalue weighted by Gasteiger charge is -2.29. The maximum absolute atomic E-state index is 6.19. The van der Waals surface area contributed by atoms with E-state index in [9.17, 15) is 0 Å². The lowest BCUT2D eigenvalue weighted by atomic mass is 9.85. The molecule has 0 amide bonds. The van der Waals surface area contributed by atoms with Gasteiger partial charge in [-0.15, -0.1) is 0 Å². The minimum atomic E-state index is 0.199. The van der Waals surface area contributed by atoms with Gasteiger partial charge in [-0.05, 0) is 37.9 Å². The molecule has 2 heteroatoms. The third-order valence-electron chi connectivity index (χ3n) is 3.47. The molecule has 18 heavy (non-hydrogen) atoms. The van der Waals surface area contributed by atoms with Crippen LogP contribution in [0.3, 0.4) is 0 Å². The molecule has 2 nitrogen and oxygen atoms in total. The van der Waals surface area contributed by atoms with Crippen molar-refractivity contribution in [1.29, 1.82) is 0 Å². The largest absolute Gasteiger partial charge is 0.327 e. The van der Waals surface area contributed by atoms with Crippen molar-refractivity contribution in [2.24, 2.45) is 11.1 Å². The zero-order chi connectivity index (χ0) is 13.8. The van der Waals surface area contributed by atoms with E-state index in [1.807, 2.05) is 0 Å². The van der Waals surface area contributed by atoms with Gasteiger partial charge >= 0.3 is 0 Å². The van der Waals surface area contributed by atoms with E-state index in [-0.39, 0.29) is 11.5 Å². The molecule has 0 aliphatic rings. The van der Waals surface area contributed by atoms with E-state index in [1.54, 1.807) is 0 Å². The molecule has 1 rings (SSSR count). The van der Waals surface area contributed by atoms with Gasteiger partial charge < -0.3 is 10.6 Å². The highest BCUT2D eigenvalue weighted by Gasteiger charge is 2.20. The van der Waals surface area contributed by atoms with Gasteiger partial charge in [-0.1, -0.05) is 50.6 Å². The lowest BCUT2D eigenvalue weighted by Crippen LogP contribution is -2.37. The summed E-state index contributed by atoms with van der Waals surface area (Å²) in [5.74, 6) is 0. The predicted molar refractivity (Wildman–Crippen MR) is 79.6 cm³/mol. The van der Waals surface area contributed by atoms with Gasteiger partial charge in [0.05, 0.1) is 0 Å². The van der Waals surface area contributed by atoms with Crippen molar-refractivity contribution in [1.82, 2.24) is 4.90 Å². The van der Waals surface area contributed by atoms with E-state index in [1.165, 1.54) is 11.1 Å². The average Bonchev–Trinajstić information content (AvgIpc) is 2.24. The van der Waals surface area contributed by atoms with Gasteiger partial charge in [0.1, 0.15) is 0 Å². The second-order valence-electron chi connectivity index (χ2n) is 6.49. The standard InChI is InChI=1S/C16H28N2/c1-13-7-6-8-14(11-13)12-18(5)10-9-15(17)16(2,3)4/h6-8,11,15H,9-10,12,17H2,1-5H3. The maximum atomic E-state index is 6.19. The van der Waals surface area contributed by atoms with E-state index < -0.39 is 0 Å². The van der Waals surface area contributed by atoms with Crippen LogP contribution in [0.4, 0.5) is 0 Å². The number of hydrogen-bond acceptors (Lipinski definition) is 2. The Morgan fingerprint density at radius 3 is 2.50 bits per heavy atom. The third-order valence-corrected chi connectivity index (χ3v) is 3.47. The fraction of sp³-hybridized carbons (Fsp3) is 0.625. The lowest BCUT2D eigenvalue weighted by molar-refractivity contribution is 0.251. The van der Waals surface area contributed by atoms with Crippen LogP contribution in [-0.4, -0.2) is 24.5 Å². The summed E-state index contributed by atoms with van der Waals surface area (Å²) in [6.07, 6.45) is 1.05. The highest BCUT2D eigenvalue weighted by Crippen LogP contribution is 2.20. The summed E-state index contributed by atoms with van der Waals surface area (Å²) in [4.78, 5) is 2.35. The first-order valence-corrected chi connectivity index (χ1v) is 6.78. The van der Waals surface area contributed by atoms with Crippen LogP contribution in [0.2, 0.25) is 0 Å². The van der Waals surface area contributed by atoms with Crippen LogP contribution >= 0.6 is 0 Å². The van der Waals surface area contributed by atoms with Crippen molar-refractivity contribution in [3.05, 3.63) is 35.4 Å². The average molecular weight is 248 g/mol. The van der Waals surface area contributed by atoms with Gasteiger partial charge in [0.15, 0.2) is 0 Å². The predicted octanol–water partition coefficient (Wildman–Crippen LogP) is 3.19. The second-order valence-corrected chi connectivity index (χ2v) is 6.49. The first-order valence-electron chi connectivity index (χ1n) is 6.78. The highest BCUT2D eigenvalue weighted by atomic mass is 15.1. The van der Waals surface area contributed by atoms with Crippen LogP contribution < -0.4 is 5.73 Å². The van der Waals surface area contributed by atoms with Gasteiger partial charge in [0.25, 0.3) is 0 Å². The van der Waals surface area contributed by atoms with Crippen molar-refractivity contribution < 1.29 is 0 Å². The summed E-state index contributed by atoms with van der Waals surface area (Å²) in [5, 5.41) is 0. The molecule has 1 aromatic carbocycles. The minimum absolute atomic E-state index is 0.199. The van der Waals surface area contributed by atoms with Crippen LogP contribution in [0.25, 0.3) is 0 Å². The number of rotatable bonds is 5. The Morgan fingerprint density at radius 1 is 1.28 bits per heavy atom. The third kappa shape index (κ3) is 5.19. The maximum Gasteiger partial charge on any atom is 0.0230 e. The van der Waals surface area contributed by atoms with E-state index in [0.717, 1.165) is 19.5 Å². The molecule has 0 bridgehead atoms. The highest BCUT2D eigenvalue weighted by molar-refractivity contribution is 5.21. The van der Waals surface area contributed by atoms with Crippen molar-refractivity contribution in [2.45, 2.75) is 46.7 Å². The Balaban J connectivity index is 2.41. The molecule has 0 saturated heterocycles. The zero-order valence-corrected chi connectivity index (χ0v) is 12.5. The Labute approximate surface area is 112 Å². The van der Waals surface area contributed by atoms with Crippen molar-refractivity contribution in [3.8, 4) is 0 Å². The molecule has 0 aromatic heterocycles. The van der Waals surface area contributed by atoms with Gasteiger partial charge in [0, 0.05) is 12.6 Å². The number of aryl methyl sites for hydroxylation is 1. The molecule has 1 atom stereocenters. The van der Waals surface area contributed by atoms with Crippen molar-refractivity contribution >= 4 is 0 Å². The number of nitrogens with two attached hydrogens (primary N) is 1. The summed E-state index contributed by atoms with van der Waals surface area (Å²) < 4.78 is 0. The number of hydrogen-bond donors (Lipinski definition) is 1.